The molecule has 0 spiro atoms. The Kier molecular flexibility index (Phi) is 4.70. The number of nitrogens with two attached hydrogens (primary N) is 1. The summed E-state index contributed by atoms with van der Waals surface area (Å²) in [6, 6.07) is 8.89. The van der Waals surface area contributed by atoms with Crippen molar-refractivity contribution < 1.29 is 9.18 Å². The largest absolute Gasteiger partial charge is 0.397 e. The van der Waals surface area contributed by atoms with E-state index in [2.05, 4.69) is 0 Å². The van der Waals surface area contributed by atoms with Crippen molar-refractivity contribution in [2.75, 3.05) is 12.8 Å². The molecule has 2 aromatic rings. The van der Waals surface area contributed by atoms with Crippen LogP contribution in [0.5, 0.6) is 0 Å². The van der Waals surface area contributed by atoms with Crippen LogP contribution in [0.1, 0.15) is 15.9 Å². The minimum absolute atomic E-state index is 0.192. The SMILES string of the molecule is CN(Cc1ccc(F)cc1)C(=O)c1cc(Cl)cc(Cl)c1N. The lowest BCUT2D eigenvalue weighted by Gasteiger charge is -2.19. The molecule has 0 aliphatic heterocycles. The second kappa shape index (κ2) is 6.33. The molecule has 1 amide bonds. The van der Waals surface area contributed by atoms with Crippen molar-refractivity contribution in [3.8, 4) is 0 Å². The summed E-state index contributed by atoms with van der Waals surface area (Å²) < 4.78 is 12.9. The molecule has 0 heterocycles. The van der Waals surface area contributed by atoms with Gasteiger partial charge in [0.2, 0.25) is 0 Å². The monoisotopic (exact) mass is 326 g/mol. The number of hydrogen-bond acceptors (Lipinski definition) is 2. The minimum atomic E-state index is -0.321. The predicted molar refractivity (Wildman–Crippen MR) is 83.1 cm³/mol. The second-order valence-corrected chi connectivity index (χ2v) is 5.48. The molecule has 0 saturated carbocycles. The minimum Gasteiger partial charge on any atom is -0.397 e. The highest BCUT2D eigenvalue weighted by molar-refractivity contribution is 6.37. The number of rotatable bonds is 3. The Morgan fingerprint density at radius 3 is 2.48 bits per heavy atom. The first-order valence-corrected chi connectivity index (χ1v) is 6.88. The lowest BCUT2D eigenvalue weighted by Crippen LogP contribution is -2.27. The van der Waals surface area contributed by atoms with Crippen molar-refractivity contribution in [1.82, 2.24) is 4.90 Å². The van der Waals surface area contributed by atoms with Gasteiger partial charge in [0.15, 0.2) is 0 Å². The zero-order chi connectivity index (χ0) is 15.6. The van der Waals surface area contributed by atoms with Gasteiger partial charge >= 0.3 is 0 Å². The molecular weight excluding hydrogens is 314 g/mol. The molecule has 21 heavy (non-hydrogen) atoms. The molecule has 2 N–H and O–H groups in total. The predicted octanol–water partition coefficient (Wildman–Crippen LogP) is 3.99. The molecule has 0 aliphatic rings. The Balaban J connectivity index is 2.21. The van der Waals surface area contributed by atoms with Crippen LogP contribution < -0.4 is 5.73 Å². The molecule has 0 aliphatic carbocycles. The van der Waals surface area contributed by atoms with E-state index in [-0.39, 0.29) is 28.0 Å². The first-order valence-electron chi connectivity index (χ1n) is 6.13. The number of amides is 1. The third-order valence-electron chi connectivity index (χ3n) is 3.00. The standard InChI is InChI=1S/C15H13Cl2FN2O/c1-20(8-9-2-4-11(18)5-3-9)15(21)12-6-10(16)7-13(17)14(12)19/h2-7H,8,19H2,1H3. The number of halogens is 3. The zero-order valence-corrected chi connectivity index (χ0v) is 12.7. The third kappa shape index (κ3) is 3.65. The average molecular weight is 327 g/mol. The van der Waals surface area contributed by atoms with Gasteiger partial charge in [0, 0.05) is 18.6 Å². The van der Waals surface area contributed by atoms with Gasteiger partial charge in [-0.1, -0.05) is 35.3 Å². The van der Waals surface area contributed by atoms with Crippen molar-refractivity contribution in [3.05, 3.63) is 63.4 Å². The Hall–Kier alpha value is -1.78. The molecule has 0 radical (unpaired) electrons. The first kappa shape index (κ1) is 15.6. The normalized spacial score (nSPS) is 10.5. The Bertz CT molecular complexity index is 674. The van der Waals surface area contributed by atoms with Gasteiger partial charge in [-0.05, 0) is 29.8 Å². The molecule has 0 unspecified atom stereocenters. The van der Waals surface area contributed by atoms with Crippen molar-refractivity contribution >= 4 is 34.8 Å². The Labute approximate surface area is 132 Å². The summed E-state index contributed by atoms with van der Waals surface area (Å²) in [6.07, 6.45) is 0. The van der Waals surface area contributed by atoms with Gasteiger partial charge in [0.1, 0.15) is 5.82 Å². The van der Waals surface area contributed by atoms with Crippen LogP contribution in [-0.2, 0) is 6.54 Å². The lowest BCUT2D eigenvalue weighted by molar-refractivity contribution is 0.0786. The average Bonchev–Trinajstić information content (AvgIpc) is 2.44. The Morgan fingerprint density at radius 2 is 1.86 bits per heavy atom. The number of nitrogen functional groups attached to an aromatic ring is 1. The zero-order valence-electron chi connectivity index (χ0n) is 11.2. The van der Waals surface area contributed by atoms with Crippen LogP contribution in [0.4, 0.5) is 10.1 Å². The van der Waals surface area contributed by atoms with Crippen molar-refractivity contribution in [2.24, 2.45) is 0 Å². The van der Waals surface area contributed by atoms with Crippen molar-refractivity contribution in [1.29, 1.82) is 0 Å². The molecule has 2 aromatic carbocycles. The van der Waals surface area contributed by atoms with Crippen LogP contribution in [0.2, 0.25) is 10.0 Å². The Morgan fingerprint density at radius 1 is 1.24 bits per heavy atom. The summed E-state index contributed by atoms with van der Waals surface area (Å²) in [7, 11) is 1.62. The van der Waals surface area contributed by atoms with Gasteiger partial charge in [-0.15, -0.1) is 0 Å². The second-order valence-electron chi connectivity index (χ2n) is 4.64. The molecule has 2 rings (SSSR count). The van der Waals surface area contributed by atoms with Crippen LogP contribution in [0.25, 0.3) is 0 Å². The van der Waals surface area contributed by atoms with Gasteiger partial charge in [-0.25, -0.2) is 4.39 Å². The molecule has 0 aromatic heterocycles. The summed E-state index contributed by atoms with van der Waals surface area (Å²) in [5.41, 5.74) is 7.06. The highest BCUT2D eigenvalue weighted by atomic mass is 35.5. The molecule has 3 nitrogen and oxygen atoms in total. The van der Waals surface area contributed by atoms with E-state index in [1.807, 2.05) is 0 Å². The van der Waals surface area contributed by atoms with Crippen molar-refractivity contribution in [2.45, 2.75) is 6.54 Å². The maximum absolute atomic E-state index is 12.9. The number of anilines is 1. The number of carbonyl (C=O) groups excluding carboxylic acids is 1. The lowest BCUT2D eigenvalue weighted by atomic mass is 10.1. The van der Waals surface area contributed by atoms with E-state index in [9.17, 15) is 9.18 Å². The molecular formula is C15H13Cl2FN2O. The highest BCUT2D eigenvalue weighted by Crippen LogP contribution is 2.28. The highest BCUT2D eigenvalue weighted by Gasteiger charge is 2.17. The maximum Gasteiger partial charge on any atom is 0.256 e. The number of hydrogen-bond donors (Lipinski definition) is 1. The fourth-order valence-electron chi connectivity index (χ4n) is 1.90. The summed E-state index contributed by atoms with van der Waals surface area (Å²) >= 11 is 11.8. The van der Waals surface area contributed by atoms with Crippen LogP contribution in [-0.4, -0.2) is 17.9 Å². The molecule has 0 bridgehead atoms. The number of benzene rings is 2. The third-order valence-corrected chi connectivity index (χ3v) is 3.54. The van der Waals surface area contributed by atoms with E-state index in [4.69, 9.17) is 28.9 Å². The van der Waals surface area contributed by atoms with Gasteiger partial charge in [0.05, 0.1) is 16.3 Å². The van der Waals surface area contributed by atoms with E-state index in [0.29, 0.717) is 11.6 Å². The first-order chi connectivity index (χ1) is 9.88. The summed E-state index contributed by atoms with van der Waals surface area (Å²) in [5, 5.41) is 0.578. The van der Waals surface area contributed by atoms with Gasteiger partial charge in [-0.2, -0.15) is 0 Å². The fourth-order valence-corrected chi connectivity index (χ4v) is 2.40. The van der Waals surface area contributed by atoms with Crippen LogP contribution in [0.3, 0.4) is 0 Å². The molecule has 0 fully saturated rings. The van der Waals surface area contributed by atoms with Gasteiger partial charge < -0.3 is 10.6 Å². The molecule has 110 valence electrons. The smallest absolute Gasteiger partial charge is 0.256 e. The summed E-state index contributed by atoms with van der Waals surface area (Å²) in [5.74, 6) is -0.625. The fraction of sp³-hybridized carbons (Fsp3) is 0.133. The summed E-state index contributed by atoms with van der Waals surface area (Å²) in [4.78, 5) is 13.9. The van der Waals surface area contributed by atoms with E-state index >= 15 is 0 Å². The molecule has 6 heteroatoms. The van der Waals surface area contributed by atoms with E-state index in [0.717, 1.165) is 5.56 Å². The van der Waals surface area contributed by atoms with Gasteiger partial charge in [0.25, 0.3) is 5.91 Å². The number of nitrogens with zero attached hydrogens (tertiary/aromatic N) is 1. The van der Waals surface area contributed by atoms with E-state index in [1.54, 1.807) is 19.2 Å². The van der Waals surface area contributed by atoms with Crippen LogP contribution in [0, 0.1) is 5.82 Å². The molecule has 0 saturated heterocycles. The number of carbonyl (C=O) groups is 1. The van der Waals surface area contributed by atoms with E-state index < -0.39 is 0 Å². The quantitative estimate of drug-likeness (QED) is 0.867. The van der Waals surface area contributed by atoms with Crippen LogP contribution >= 0.6 is 23.2 Å². The molecule has 0 atom stereocenters. The van der Waals surface area contributed by atoms with Crippen molar-refractivity contribution in [3.63, 3.8) is 0 Å². The maximum atomic E-state index is 12.9. The summed E-state index contributed by atoms with van der Waals surface area (Å²) in [6.45, 7) is 0.322. The van der Waals surface area contributed by atoms with Crippen LogP contribution in [0.15, 0.2) is 36.4 Å². The topological polar surface area (TPSA) is 46.3 Å². The van der Waals surface area contributed by atoms with E-state index in [1.165, 1.54) is 29.2 Å². The van der Waals surface area contributed by atoms with Gasteiger partial charge in [-0.3, -0.25) is 4.79 Å².